The molecule has 0 bridgehead atoms. The second-order valence-electron chi connectivity index (χ2n) is 6.42. The maximum Gasteiger partial charge on any atom is 0.303 e. The van der Waals surface area contributed by atoms with Gasteiger partial charge in [0.15, 0.2) is 5.78 Å². The Balaban J connectivity index is 2.23. The van der Waals surface area contributed by atoms with Gasteiger partial charge < -0.3 is 5.11 Å². The van der Waals surface area contributed by atoms with E-state index in [1.54, 1.807) is 6.08 Å². The SMILES string of the molecule is CCC(C)/C=C/C1C=CC(=O)C1CCCCCCCC(=O)O. The van der Waals surface area contributed by atoms with Crippen molar-refractivity contribution in [2.75, 3.05) is 0 Å². The number of carbonyl (C=O) groups excluding carboxylic acids is 1. The van der Waals surface area contributed by atoms with E-state index in [9.17, 15) is 9.59 Å². The first kappa shape index (κ1) is 18.7. The van der Waals surface area contributed by atoms with E-state index in [0.29, 0.717) is 5.92 Å². The van der Waals surface area contributed by atoms with Gasteiger partial charge in [-0.2, -0.15) is 0 Å². The lowest BCUT2D eigenvalue weighted by Crippen LogP contribution is -2.14. The summed E-state index contributed by atoms with van der Waals surface area (Å²) in [6, 6.07) is 0. The Bertz CT molecular complexity index is 409. The van der Waals surface area contributed by atoms with Crippen molar-refractivity contribution in [3.8, 4) is 0 Å². The number of ketones is 1. The number of carbonyl (C=O) groups is 2. The van der Waals surface area contributed by atoms with Gasteiger partial charge in [0.2, 0.25) is 0 Å². The van der Waals surface area contributed by atoms with Crippen LogP contribution in [0.5, 0.6) is 0 Å². The van der Waals surface area contributed by atoms with Gasteiger partial charge in [0.25, 0.3) is 0 Å². The van der Waals surface area contributed by atoms with Crippen molar-refractivity contribution in [1.29, 1.82) is 0 Å². The Kier molecular flexibility index (Phi) is 8.79. The summed E-state index contributed by atoms with van der Waals surface area (Å²) in [6.45, 7) is 4.37. The van der Waals surface area contributed by atoms with Crippen LogP contribution in [0.15, 0.2) is 24.3 Å². The molecule has 0 amide bonds. The van der Waals surface area contributed by atoms with Crippen LogP contribution in [0.4, 0.5) is 0 Å². The van der Waals surface area contributed by atoms with Crippen molar-refractivity contribution >= 4 is 11.8 Å². The van der Waals surface area contributed by atoms with Crippen molar-refractivity contribution in [2.45, 2.75) is 65.2 Å². The summed E-state index contributed by atoms with van der Waals surface area (Å²) in [7, 11) is 0. The maximum atomic E-state index is 12.0. The van der Waals surface area contributed by atoms with Gasteiger partial charge in [-0.1, -0.05) is 64.2 Å². The van der Waals surface area contributed by atoms with Crippen LogP contribution in [0, 0.1) is 17.8 Å². The smallest absolute Gasteiger partial charge is 0.303 e. The quantitative estimate of drug-likeness (QED) is 0.441. The zero-order valence-electron chi connectivity index (χ0n) is 14.0. The average Bonchev–Trinajstić information content (AvgIpc) is 2.84. The fourth-order valence-electron chi connectivity index (χ4n) is 2.81. The molecule has 3 heteroatoms. The number of carboxylic acids is 1. The van der Waals surface area contributed by atoms with Gasteiger partial charge >= 0.3 is 5.97 Å². The molecule has 0 aliphatic heterocycles. The van der Waals surface area contributed by atoms with Crippen LogP contribution in [0.25, 0.3) is 0 Å². The van der Waals surface area contributed by atoms with Gasteiger partial charge in [0.05, 0.1) is 0 Å². The molecule has 1 N–H and O–H groups in total. The number of hydrogen-bond donors (Lipinski definition) is 1. The van der Waals surface area contributed by atoms with Crippen LogP contribution in [0.1, 0.15) is 65.2 Å². The molecule has 0 aromatic carbocycles. The molecule has 0 radical (unpaired) electrons. The lowest BCUT2D eigenvalue weighted by atomic mass is 9.88. The summed E-state index contributed by atoms with van der Waals surface area (Å²) in [5.74, 6) is 0.523. The monoisotopic (exact) mass is 306 g/mol. The highest BCUT2D eigenvalue weighted by molar-refractivity contribution is 5.94. The second kappa shape index (κ2) is 10.4. The first-order valence-electron chi connectivity index (χ1n) is 8.66. The molecule has 1 aliphatic rings. The van der Waals surface area contributed by atoms with Crippen molar-refractivity contribution in [2.24, 2.45) is 17.8 Å². The fourth-order valence-corrected chi connectivity index (χ4v) is 2.81. The molecule has 0 saturated carbocycles. The highest BCUT2D eigenvalue weighted by atomic mass is 16.4. The summed E-state index contributed by atoms with van der Waals surface area (Å²) in [4.78, 5) is 22.4. The van der Waals surface area contributed by atoms with Crippen molar-refractivity contribution in [3.05, 3.63) is 24.3 Å². The van der Waals surface area contributed by atoms with Gasteiger partial charge in [-0.3, -0.25) is 9.59 Å². The average molecular weight is 306 g/mol. The molecule has 0 aromatic heterocycles. The first-order chi connectivity index (χ1) is 10.5. The van der Waals surface area contributed by atoms with E-state index in [4.69, 9.17) is 5.11 Å². The molecule has 0 saturated heterocycles. The van der Waals surface area contributed by atoms with Crippen molar-refractivity contribution in [3.63, 3.8) is 0 Å². The minimum atomic E-state index is -0.710. The molecule has 3 atom stereocenters. The summed E-state index contributed by atoms with van der Waals surface area (Å²) in [5, 5.41) is 8.57. The van der Waals surface area contributed by atoms with Crippen molar-refractivity contribution in [1.82, 2.24) is 0 Å². The maximum absolute atomic E-state index is 12.0. The van der Waals surface area contributed by atoms with Crippen LogP contribution < -0.4 is 0 Å². The molecule has 0 heterocycles. The number of aliphatic carboxylic acids is 1. The van der Waals surface area contributed by atoms with Crippen LogP contribution in [0.3, 0.4) is 0 Å². The van der Waals surface area contributed by atoms with Gasteiger partial charge in [-0.05, 0) is 24.8 Å². The van der Waals surface area contributed by atoms with Crippen LogP contribution >= 0.6 is 0 Å². The van der Waals surface area contributed by atoms with E-state index in [1.165, 1.54) is 0 Å². The zero-order chi connectivity index (χ0) is 16.4. The van der Waals surface area contributed by atoms with E-state index >= 15 is 0 Å². The normalized spacial score (nSPS) is 22.5. The van der Waals surface area contributed by atoms with E-state index in [-0.39, 0.29) is 24.0 Å². The van der Waals surface area contributed by atoms with Gasteiger partial charge in [-0.15, -0.1) is 0 Å². The standard InChI is InChI=1S/C19H30O3/c1-3-15(2)11-12-16-13-14-18(20)17(16)9-7-5-4-6-8-10-19(21)22/h11-17H,3-10H2,1-2H3,(H,21,22)/b12-11+. The van der Waals surface area contributed by atoms with E-state index < -0.39 is 5.97 Å². The summed E-state index contributed by atoms with van der Waals surface area (Å²) in [5.41, 5.74) is 0. The fraction of sp³-hybridized carbons (Fsp3) is 0.684. The Hall–Kier alpha value is -1.38. The Morgan fingerprint density at radius 1 is 1.27 bits per heavy atom. The highest BCUT2D eigenvalue weighted by Crippen LogP contribution is 2.29. The van der Waals surface area contributed by atoms with Gasteiger partial charge in [0.1, 0.15) is 0 Å². The number of hydrogen-bond acceptors (Lipinski definition) is 2. The number of allylic oxidation sites excluding steroid dienone is 4. The van der Waals surface area contributed by atoms with Gasteiger partial charge in [-0.25, -0.2) is 0 Å². The van der Waals surface area contributed by atoms with Crippen LogP contribution in [-0.2, 0) is 9.59 Å². The number of carboxylic acid groups (broad SMARTS) is 1. The Morgan fingerprint density at radius 2 is 1.95 bits per heavy atom. The molecule has 22 heavy (non-hydrogen) atoms. The lowest BCUT2D eigenvalue weighted by Gasteiger charge is -2.15. The Morgan fingerprint density at radius 3 is 2.64 bits per heavy atom. The summed E-state index contributed by atoms with van der Waals surface area (Å²) < 4.78 is 0. The third kappa shape index (κ3) is 7.06. The van der Waals surface area contributed by atoms with Gasteiger partial charge in [0, 0.05) is 18.3 Å². The molecule has 0 spiro atoms. The first-order valence-corrected chi connectivity index (χ1v) is 8.66. The minimum Gasteiger partial charge on any atom is -0.481 e. The van der Waals surface area contributed by atoms with E-state index in [2.05, 4.69) is 26.0 Å². The van der Waals surface area contributed by atoms with Crippen LogP contribution in [-0.4, -0.2) is 16.9 Å². The molecule has 1 aliphatic carbocycles. The third-order valence-corrected chi connectivity index (χ3v) is 4.52. The highest BCUT2D eigenvalue weighted by Gasteiger charge is 2.27. The predicted molar refractivity (Wildman–Crippen MR) is 89.7 cm³/mol. The molecular formula is C19H30O3. The Labute approximate surface area is 134 Å². The number of unbranched alkanes of at least 4 members (excludes halogenated alkanes) is 4. The third-order valence-electron chi connectivity index (χ3n) is 4.52. The van der Waals surface area contributed by atoms with Crippen LogP contribution in [0.2, 0.25) is 0 Å². The molecule has 0 aromatic rings. The summed E-state index contributed by atoms with van der Waals surface area (Å²) >= 11 is 0. The predicted octanol–water partition coefficient (Wildman–Crippen LogP) is 4.78. The minimum absolute atomic E-state index is 0.124. The largest absolute Gasteiger partial charge is 0.481 e. The molecular weight excluding hydrogens is 276 g/mol. The second-order valence-corrected chi connectivity index (χ2v) is 6.42. The molecule has 3 unspecified atom stereocenters. The zero-order valence-corrected chi connectivity index (χ0v) is 14.0. The molecule has 3 nitrogen and oxygen atoms in total. The number of rotatable bonds is 11. The molecule has 0 fully saturated rings. The van der Waals surface area contributed by atoms with E-state index in [1.807, 2.05) is 6.08 Å². The molecule has 1 rings (SSSR count). The summed E-state index contributed by atoms with van der Waals surface area (Å²) in [6.07, 6.45) is 15.5. The van der Waals surface area contributed by atoms with E-state index in [0.717, 1.165) is 44.9 Å². The topological polar surface area (TPSA) is 54.4 Å². The molecule has 124 valence electrons. The van der Waals surface area contributed by atoms with Crippen molar-refractivity contribution < 1.29 is 14.7 Å². The lowest BCUT2D eigenvalue weighted by molar-refractivity contribution is -0.137.